The topological polar surface area (TPSA) is 110 Å². The molecule has 0 fully saturated rings. The third-order valence-corrected chi connectivity index (χ3v) is 2.52. The van der Waals surface area contributed by atoms with E-state index in [1.807, 2.05) is 0 Å². The number of carboxylic acids is 1. The number of hydrogen-bond acceptors (Lipinski definition) is 5. The fourth-order valence-corrected chi connectivity index (χ4v) is 1.63. The van der Waals surface area contributed by atoms with E-state index in [0.29, 0.717) is 0 Å². The molecule has 0 aliphatic rings. The van der Waals surface area contributed by atoms with Gasteiger partial charge < -0.3 is 10.4 Å². The molecule has 0 aliphatic heterocycles. The van der Waals surface area contributed by atoms with Gasteiger partial charge in [0.15, 0.2) is 0 Å². The number of para-hydroxylation sites is 1. The summed E-state index contributed by atoms with van der Waals surface area (Å²) in [6.45, 7) is -0.142. The number of hydrogen-bond donors (Lipinski definition) is 2. The summed E-state index contributed by atoms with van der Waals surface area (Å²) in [5.74, 6) is -1.66. The highest BCUT2D eigenvalue weighted by atomic mass is 35.5. The fourth-order valence-electron chi connectivity index (χ4n) is 1.41. The van der Waals surface area contributed by atoms with Crippen LogP contribution in [0, 0.1) is 0 Å². The maximum atomic E-state index is 11.7. The first-order valence-electron chi connectivity index (χ1n) is 5.10. The lowest BCUT2D eigenvalue weighted by atomic mass is 10.2. The minimum Gasteiger partial charge on any atom is -0.478 e. The summed E-state index contributed by atoms with van der Waals surface area (Å²) in [6.07, 6.45) is 1.27. The van der Waals surface area contributed by atoms with Crippen molar-refractivity contribution in [3.05, 3.63) is 35.1 Å². The number of carboxylic acid groups (broad SMARTS) is 1. The van der Waals surface area contributed by atoms with Crippen LogP contribution in [0.2, 0.25) is 5.02 Å². The van der Waals surface area contributed by atoms with Crippen molar-refractivity contribution in [2.24, 2.45) is 0 Å². The van der Waals surface area contributed by atoms with Crippen molar-refractivity contribution in [3.63, 3.8) is 0 Å². The van der Waals surface area contributed by atoms with Crippen molar-refractivity contribution in [2.75, 3.05) is 5.32 Å². The van der Waals surface area contributed by atoms with E-state index in [-0.39, 0.29) is 22.8 Å². The van der Waals surface area contributed by atoms with Gasteiger partial charge in [-0.3, -0.25) is 4.79 Å². The molecule has 0 aliphatic carbocycles. The lowest BCUT2D eigenvalue weighted by Crippen LogP contribution is -2.21. The largest absolute Gasteiger partial charge is 0.478 e. The molecule has 8 nitrogen and oxygen atoms in total. The fraction of sp³-hybridized carbons (Fsp3) is 0.100. The Morgan fingerprint density at radius 2 is 2.21 bits per heavy atom. The van der Waals surface area contributed by atoms with E-state index in [2.05, 4.69) is 20.8 Å². The second-order valence-electron chi connectivity index (χ2n) is 3.52. The van der Waals surface area contributed by atoms with E-state index in [4.69, 9.17) is 16.7 Å². The molecule has 9 heteroatoms. The lowest BCUT2D eigenvalue weighted by molar-refractivity contribution is -0.116. The molecule has 2 rings (SSSR count). The van der Waals surface area contributed by atoms with E-state index in [1.165, 1.54) is 29.2 Å². The van der Waals surface area contributed by atoms with Gasteiger partial charge in [0, 0.05) is 0 Å². The van der Waals surface area contributed by atoms with Crippen LogP contribution < -0.4 is 5.32 Å². The van der Waals surface area contributed by atoms with Crippen LogP contribution in [-0.4, -0.2) is 37.2 Å². The molecule has 0 spiro atoms. The average Bonchev–Trinajstić information content (AvgIpc) is 2.84. The van der Waals surface area contributed by atoms with E-state index >= 15 is 0 Å². The van der Waals surface area contributed by atoms with Crippen LogP contribution in [-0.2, 0) is 11.3 Å². The number of amides is 1. The molecule has 1 heterocycles. The first kappa shape index (κ1) is 13.0. The lowest BCUT2D eigenvalue weighted by Gasteiger charge is -2.09. The summed E-state index contributed by atoms with van der Waals surface area (Å²) in [7, 11) is 0. The molecule has 1 aromatic heterocycles. The van der Waals surface area contributed by atoms with Crippen molar-refractivity contribution in [3.8, 4) is 0 Å². The van der Waals surface area contributed by atoms with Crippen LogP contribution in [0.5, 0.6) is 0 Å². The number of carbonyl (C=O) groups excluding carboxylic acids is 1. The monoisotopic (exact) mass is 281 g/mol. The predicted octanol–water partition coefficient (Wildman–Crippen LogP) is 0.663. The molecule has 2 N–H and O–H groups in total. The predicted molar refractivity (Wildman–Crippen MR) is 64.9 cm³/mol. The molecular formula is C10H8ClN5O3. The van der Waals surface area contributed by atoms with Crippen molar-refractivity contribution >= 4 is 29.2 Å². The Morgan fingerprint density at radius 1 is 1.42 bits per heavy atom. The zero-order valence-electron chi connectivity index (χ0n) is 9.45. The van der Waals surface area contributed by atoms with Gasteiger partial charge in [0.2, 0.25) is 5.91 Å². The number of carbonyl (C=O) groups is 2. The van der Waals surface area contributed by atoms with Crippen LogP contribution in [0.15, 0.2) is 24.5 Å². The Labute approximate surface area is 112 Å². The highest BCUT2D eigenvalue weighted by molar-refractivity contribution is 6.34. The van der Waals surface area contributed by atoms with Gasteiger partial charge in [-0.15, -0.1) is 5.10 Å². The van der Waals surface area contributed by atoms with Gasteiger partial charge in [-0.2, -0.15) is 0 Å². The van der Waals surface area contributed by atoms with Crippen LogP contribution in [0.1, 0.15) is 10.4 Å². The van der Waals surface area contributed by atoms with Gasteiger partial charge in [0.25, 0.3) is 0 Å². The number of benzene rings is 1. The molecule has 0 unspecified atom stereocenters. The van der Waals surface area contributed by atoms with E-state index in [1.54, 1.807) is 0 Å². The van der Waals surface area contributed by atoms with E-state index in [0.717, 1.165) is 0 Å². The molecule has 19 heavy (non-hydrogen) atoms. The minimum absolute atomic E-state index is 0.0507. The molecular weight excluding hydrogens is 274 g/mol. The number of tetrazole rings is 1. The van der Waals surface area contributed by atoms with Crippen LogP contribution in [0.4, 0.5) is 5.69 Å². The second kappa shape index (κ2) is 5.44. The summed E-state index contributed by atoms with van der Waals surface area (Å²) >= 11 is 5.87. The molecule has 2 aromatic rings. The number of rotatable bonds is 4. The van der Waals surface area contributed by atoms with Gasteiger partial charge in [-0.25, -0.2) is 9.48 Å². The summed E-state index contributed by atoms with van der Waals surface area (Å²) in [5, 5.41) is 21.9. The van der Waals surface area contributed by atoms with Gasteiger partial charge in [0.1, 0.15) is 12.9 Å². The van der Waals surface area contributed by atoms with Crippen molar-refractivity contribution in [1.29, 1.82) is 0 Å². The Bertz CT molecular complexity index is 614. The van der Waals surface area contributed by atoms with Gasteiger partial charge in [-0.05, 0) is 22.6 Å². The third-order valence-electron chi connectivity index (χ3n) is 2.21. The van der Waals surface area contributed by atoms with Crippen LogP contribution in [0.25, 0.3) is 0 Å². The SMILES string of the molecule is O=C(Cn1cnnn1)Nc1c(Cl)cccc1C(=O)O. The zero-order chi connectivity index (χ0) is 13.8. The van der Waals surface area contributed by atoms with Crippen molar-refractivity contribution < 1.29 is 14.7 Å². The number of nitrogens with one attached hydrogen (secondary N) is 1. The molecule has 1 amide bonds. The number of aromatic nitrogens is 4. The number of aromatic carboxylic acids is 1. The Morgan fingerprint density at radius 3 is 2.84 bits per heavy atom. The Kier molecular flexibility index (Phi) is 3.71. The average molecular weight is 282 g/mol. The Hall–Kier alpha value is -2.48. The molecule has 0 saturated heterocycles. The summed E-state index contributed by atoms with van der Waals surface area (Å²) in [6, 6.07) is 4.32. The maximum absolute atomic E-state index is 11.7. The smallest absolute Gasteiger partial charge is 0.337 e. The van der Waals surface area contributed by atoms with Gasteiger partial charge in [0.05, 0.1) is 16.3 Å². The molecule has 0 bridgehead atoms. The normalized spacial score (nSPS) is 10.2. The van der Waals surface area contributed by atoms with Crippen LogP contribution >= 0.6 is 11.6 Å². The highest BCUT2D eigenvalue weighted by Gasteiger charge is 2.15. The van der Waals surface area contributed by atoms with Gasteiger partial charge in [-0.1, -0.05) is 17.7 Å². The number of nitrogens with zero attached hydrogens (tertiary/aromatic N) is 4. The summed E-state index contributed by atoms with van der Waals surface area (Å²) in [4.78, 5) is 22.8. The first-order valence-corrected chi connectivity index (χ1v) is 5.48. The molecule has 98 valence electrons. The molecule has 0 radical (unpaired) electrons. The Balaban J connectivity index is 2.19. The summed E-state index contributed by atoms with van der Waals surface area (Å²) < 4.78 is 1.20. The van der Waals surface area contributed by atoms with Crippen molar-refractivity contribution in [1.82, 2.24) is 20.2 Å². The summed E-state index contributed by atoms with van der Waals surface area (Å²) in [5.41, 5.74) is -0.0349. The number of anilines is 1. The standard InChI is InChI=1S/C10H8ClN5O3/c11-7-3-1-2-6(10(18)19)9(7)13-8(17)4-16-5-12-14-15-16/h1-3,5H,4H2,(H,13,17)(H,18,19). The van der Waals surface area contributed by atoms with E-state index in [9.17, 15) is 9.59 Å². The zero-order valence-corrected chi connectivity index (χ0v) is 10.2. The van der Waals surface area contributed by atoms with Crippen LogP contribution in [0.3, 0.4) is 0 Å². The van der Waals surface area contributed by atoms with E-state index < -0.39 is 11.9 Å². The minimum atomic E-state index is -1.18. The van der Waals surface area contributed by atoms with Gasteiger partial charge >= 0.3 is 5.97 Å². The molecule has 1 aromatic carbocycles. The first-order chi connectivity index (χ1) is 9.08. The second-order valence-corrected chi connectivity index (χ2v) is 3.93. The molecule has 0 atom stereocenters. The van der Waals surface area contributed by atoms with Crippen molar-refractivity contribution in [2.45, 2.75) is 6.54 Å². The quantitative estimate of drug-likeness (QED) is 0.852. The maximum Gasteiger partial charge on any atom is 0.337 e. The molecule has 0 saturated carbocycles. The third kappa shape index (κ3) is 3.05. The number of halogens is 1. The highest BCUT2D eigenvalue weighted by Crippen LogP contribution is 2.25.